The zero-order chi connectivity index (χ0) is 8.27. The van der Waals surface area contributed by atoms with E-state index in [0.29, 0.717) is 12.2 Å². The summed E-state index contributed by atoms with van der Waals surface area (Å²) in [4.78, 5) is 14.6. The Labute approximate surface area is 64.2 Å². The van der Waals surface area contributed by atoms with Gasteiger partial charge in [0.25, 0.3) is 0 Å². The molecule has 1 aromatic rings. The number of carbonyl (C=O) groups excluding carboxylic acids is 1. The molecule has 0 saturated heterocycles. The maximum Gasteiger partial charge on any atom is 0.360 e. The number of methoxy groups -OCH3 is 1. The van der Waals surface area contributed by atoms with Crippen LogP contribution in [0.1, 0.15) is 23.2 Å². The van der Waals surface area contributed by atoms with Gasteiger partial charge in [0.05, 0.1) is 7.11 Å². The lowest BCUT2D eigenvalue weighted by atomic mass is 10.3. The summed E-state index contributed by atoms with van der Waals surface area (Å²) in [5.74, 6) is 0.118. The second kappa shape index (κ2) is 3.18. The Bertz CT molecular complexity index is 254. The Morgan fingerprint density at radius 2 is 2.55 bits per heavy atom. The summed E-state index contributed by atoms with van der Waals surface area (Å²) in [6, 6.07) is 0. The van der Waals surface area contributed by atoms with Crippen molar-refractivity contribution in [3.05, 3.63) is 17.8 Å². The van der Waals surface area contributed by atoms with E-state index in [0.717, 1.165) is 0 Å². The second-order valence-electron chi connectivity index (χ2n) is 1.97. The third-order valence-electron chi connectivity index (χ3n) is 1.34. The van der Waals surface area contributed by atoms with Crippen molar-refractivity contribution in [2.45, 2.75) is 13.3 Å². The molecule has 0 atom stereocenters. The molecule has 0 radical (unpaired) electrons. The van der Waals surface area contributed by atoms with Gasteiger partial charge in [0.1, 0.15) is 5.76 Å². The summed E-state index contributed by atoms with van der Waals surface area (Å²) < 4.78 is 9.40. The quantitative estimate of drug-likeness (QED) is 0.598. The molecule has 0 saturated carbocycles. The summed E-state index contributed by atoms with van der Waals surface area (Å²) in [5, 5.41) is 0. The zero-order valence-corrected chi connectivity index (χ0v) is 6.46. The number of carbonyl (C=O) groups is 1. The van der Waals surface area contributed by atoms with Crippen LogP contribution >= 0.6 is 0 Å². The fraction of sp³-hybridized carbons (Fsp3) is 0.429. The minimum Gasteiger partial charge on any atom is -0.464 e. The van der Waals surface area contributed by atoms with Crippen molar-refractivity contribution in [2.24, 2.45) is 0 Å². The minimum absolute atomic E-state index is 0.273. The van der Waals surface area contributed by atoms with E-state index < -0.39 is 5.97 Å². The fourth-order valence-corrected chi connectivity index (χ4v) is 0.784. The Balaban J connectivity index is 2.92. The van der Waals surface area contributed by atoms with Crippen molar-refractivity contribution in [3.8, 4) is 0 Å². The van der Waals surface area contributed by atoms with Gasteiger partial charge in [0.15, 0.2) is 12.1 Å². The molecule has 0 amide bonds. The third-order valence-corrected chi connectivity index (χ3v) is 1.34. The van der Waals surface area contributed by atoms with E-state index in [-0.39, 0.29) is 5.69 Å². The maximum absolute atomic E-state index is 10.9. The molecule has 0 fully saturated rings. The summed E-state index contributed by atoms with van der Waals surface area (Å²) in [6.07, 6.45) is 1.88. The SMILES string of the molecule is CCc1ocnc1C(=O)OC. The van der Waals surface area contributed by atoms with Crippen LogP contribution in [0.25, 0.3) is 0 Å². The zero-order valence-electron chi connectivity index (χ0n) is 6.46. The van der Waals surface area contributed by atoms with Gasteiger partial charge in [-0.05, 0) is 0 Å². The topological polar surface area (TPSA) is 52.3 Å². The first-order valence-electron chi connectivity index (χ1n) is 3.30. The van der Waals surface area contributed by atoms with Crippen LogP contribution in [0.4, 0.5) is 0 Å². The lowest BCUT2D eigenvalue weighted by molar-refractivity contribution is 0.0592. The van der Waals surface area contributed by atoms with Crippen molar-refractivity contribution in [3.63, 3.8) is 0 Å². The normalized spacial score (nSPS) is 9.64. The molecule has 4 heteroatoms. The number of hydrogen-bond donors (Lipinski definition) is 0. The van der Waals surface area contributed by atoms with Crippen molar-refractivity contribution in [2.75, 3.05) is 7.11 Å². The number of oxazole rings is 1. The standard InChI is InChI=1S/C7H9NO3/c1-3-5-6(7(9)10-2)8-4-11-5/h4H,3H2,1-2H3. The van der Waals surface area contributed by atoms with Crippen LogP contribution in [0, 0.1) is 0 Å². The lowest BCUT2D eigenvalue weighted by Gasteiger charge is -1.94. The minimum atomic E-state index is -0.449. The Morgan fingerprint density at radius 1 is 1.82 bits per heavy atom. The Morgan fingerprint density at radius 3 is 3.09 bits per heavy atom. The highest BCUT2D eigenvalue weighted by atomic mass is 16.5. The van der Waals surface area contributed by atoms with Crippen molar-refractivity contribution >= 4 is 5.97 Å². The average molecular weight is 155 g/mol. The number of esters is 1. The van der Waals surface area contributed by atoms with Gasteiger partial charge in [-0.1, -0.05) is 6.92 Å². The van der Waals surface area contributed by atoms with Gasteiger partial charge in [-0.2, -0.15) is 0 Å². The van der Waals surface area contributed by atoms with E-state index >= 15 is 0 Å². The molecule has 60 valence electrons. The molecule has 0 spiro atoms. The van der Waals surface area contributed by atoms with Crippen LogP contribution in [-0.2, 0) is 11.2 Å². The van der Waals surface area contributed by atoms with Crippen molar-refractivity contribution in [1.29, 1.82) is 0 Å². The average Bonchev–Trinajstić information content (AvgIpc) is 2.50. The van der Waals surface area contributed by atoms with Crippen LogP contribution in [-0.4, -0.2) is 18.1 Å². The fourth-order valence-electron chi connectivity index (χ4n) is 0.784. The molecule has 11 heavy (non-hydrogen) atoms. The molecule has 1 aromatic heterocycles. The van der Waals surface area contributed by atoms with Crippen LogP contribution in [0.5, 0.6) is 0 Å². The van der Waals surface area contributed by atoms with Crippen LogP contribution in [0.3, 0.4) is 0 Å². The number of aromatic nitrogens is 1. The monoisotopic (exact) mass is 155 g/mol. The smallest absolute Gasteiger partial charge is 0.360 e. The summed E-state index contributed by atoms with van der Waals surface area (Å²) in [5.41, 5.74) is 0.273. The number of aryl methyl sites for hydroxylation is 1. The summed E-state index contributed by atoms with van der Waals surface area (Å²) in [7, 11) is 1.32. The van der Waals surface area contributed by atoms with Gasteiger partial charge in [-0.15, -0.1) is 0 Å². The molecule has 0 aliphatic rings. The van der Waals surface area contributed by atoms with Gasteiger partial charge >= 0.3 is 5.97 Å². The number of nitrogens with zero attached hydrogens (tertiary/aromatic N) is 1. The molecule has 0 N–H and O–H groups in total. The third kappa shape index (κ3) is 1.39. The van der Waals surface area contributed by atoms with E-state index in [1.807, 2.05) is 6.92 Å². The molecule has 1 heterocycles. The summed E-state index contributed by atoms with van der Waals surface area (Å²) in [6.45, 7) is 1.88. The van der Waals surface area contributed by atoms with E-state index in [9.17, 15) is 4.79 Å². The molecule has 0 bridgehead atoms. The van der Waals surface area contributed by atoms with E-state index in [4.69, 9.17) is 4.42 Å². The molecular formula is C7H9NO3. The first-order valence-corrected chi connectivity index (χ1v) is 3.30. The first-order chi connectivity index (χ1) is 5.29. The predicted octanol–water partition coefficient (Wildman–Crippen LogP) is 1.02. The van der Waals surface area contributed by atoms with Gasteiger partial charge < -0.3 is 9.15 Å². The second-order valence-corrected chi connectivity index (χ2v) is 1.97. The van der Waals surface area contributed by atoms with Crippen LogP contribution in [0.15, 0.2) is 10.8 Å². The summed E-state index contributed by atoms with van der Waals surface area (Å²) >= 11 is 0. The maximum atomic E-state index is 10.9. The van der Waals surface area contributed by atoms with Crippen molar-refractivity contribution < 1.29 is 13.9 Å². The molecule has 0 aromatic carbocycles. The van der Waals surface area contributed by atoms with Gasteiger partial charge in [-0.3, -0.25) is 0 Å². The van der Waals surface area contributed by atoms with E-state index in [2.05, 4.69) is 9.72 Å². The lowest BCUT2D eigenvalue weighted by Crippen LogP contribution is -2.04. The predicted molar refractivity (Wildman–Crippen MR) is 37.2 cm³/mol. The largest absolute Gasteiger partial charge is 0.464 e. The molecule has 0 aliphatic carbocycles. The molecule has 1 rings (SSSR count). The number of rotatable bonds is 2. The molecular weight excluding hydrogens is 146 g/mol. The van der Waals surface area contributed by atoms with Crippen LogP contribution < -0.4 is 0 Å². The molecule has 4 nitrogen and oxygen atoms in total. The van der Waals surface area contributed by atoms with E-state index in [1.165, 1.54) is 13.5 Å². The van der Waals surface area contributed by atoms with Crippen LogP contribution in [0.2, 0.25) is 0 Å². The Hall–Kier alpha value is -1.32. The first kappa shape index (κ1) is 7.78. The van der Waals surface area contributed by atoms with Gasteiger partial charge in [0.2, 0.25) is 0 Å². The molecule has 0 unspecified atom stereocenters. The highest BCUT2D eigenvalue weighted by Gasteiger charge is 2.14. The van der Waals surface area contributed by atoms with E-state index in [1.54, 1.807) is 0 Å². The van der Waals surface area contributed by atoms with Crippen molar-refractivity contribution in [1.82, 2.24) is 4.98 Å². The van der Waals surface area contributed by atoms with Gasteiger partial charge in [-0.25, -0.2) is 9.78 Å². The van der Waals surface area contributed by atoms with Gasteiger partial charge in [0, 0.05) is 6.42 Å². The Kier molecular flexibility index (Phi) is 2.25. The highest BCUT2D eigenvalue weighted by molar-refractivity contribution is 5.88. The number of ether oxygens (including phenoxy) is 1. The number of hydrogen-bond acceptors (Lipinski definition) is 4. The molecule has 0 aliphatic heterocycles. The highest BCUT2D eigenvalue weighted by Crippen LogP contribution is 2.07.